The van der Waals surface area contributed by atoms with Crippen molar-refractivity contribution in [2.24, 2.45) is 0 Å². The number of carbonyl (C=O) groups is 1. The predicted octanol–water partition coefficient (Wildman–Crippen LogP) is 3.32. The quantitative estimate of drug-likeness (QED) is 0.784. The van der Waals surface area contributed by atoms with Gasteiger partial charge in [0.1, 0.15) is 11.8 Å². The van der Waals surface area contributed by atoms with Gasteiger partial charge in [0.25, 0.3) is 0 Å². The lowest BCUT2D eigenvalue weighted by atomic mass is 10.1. The van der Waals surface area contributed by atoms with E-state index in [1.54, 1.807) is 23.0 Å². The van der Waals surface area contributed by atoms with Crippen LogP contribution in [0.15, 0.2) is 59.3 Å². The number of benzene rings is 1. The zero-order valence-electron chi connectivity index (χ0n) is 12.1. The molecule has 3 rings (SSSR count). The number of furan rings is 1. The molecular weight excluding hydrogens is 280 g/mol. The lowest BCUT2D eigenvalue weighted by Gasteiger charge is -2.16. The first-order valence-corrected chi connectivity index (χ1v) is 7.01. The summed E-state index contributed by atoms with van der Waals surface area (Å²) in [6.45, 7) is 1.84. The molecule has 3 aromatic rings. The minimum Gasteiger partial charge on any atom is -0.480 e. The molecule has 2 heterocycles. The van der Waals surface area contributed by atoms with Gasteiger partial charge >= 0.3 is 5.97 Å². The van der Waals surface area contributed by atoms with Crippen molar-refractivity contribution in [2.45, 2.75) is 19.4 Å². The van der Waals surface area contributed by atoms with Gasteiger partial charge in [-0.1, -0.05) is 30.3 Å². The van der Waals surface area contributed by atoms with Gasteiger partial charge in [-0.2, -0.15) is 0 Å². The zero-order valence-corrected chi connectivity index (χ0v) is 12.1. The fourth-order valence-corrected chi connectivity index (χ4v) is 2.45. The molecule has 5 heteroatoms. The number of hydrogen-bond donors (Lipinski definition) is 1. The number of rotatable bonds is 5. The molecule has 0 saturated heterocycles. The number of carboxylic acid groups (broad SMARTS) is 1. The molecular formula is C17H16N2O3. The monoisotopic (exact) mass is 296 g/mol. The summed E-state index contributed by atoms with van der Waals surface area (Å²) in [6, 6.07) is 12.5. The summed E-state index contributed by atoms with van der Waals surface area (Å²) in [4.78, 5) is 16.0. The van der Waals surface area contributed by atoms with Gasteiger partial charge < -0.3 is 14.1 Å². The van der Waals surface area contributed by atoms with Crippen LogP contribution in [0.3, 0.4) is 0 Å². The Labute approximate surface area is 127 Å². The van der Waals surface area contributed by atoms with Crippen LogP contribution in [0, 0.1) is 6.92 Å². The van der Waals surface area contributed by atoms with Crippen LogP contribution in [-0.2, 0) is 11.2 Å². The molecule has 0 saturated carbocycles. The second-order valence-corrected chi connectivity index (χ2v) is 5.11. The molecule has 0 fully saturated rings. The van der Waals surface area contributed by atoms with Crippen LogP contribution in [0.25, 0.3) is 11.6 Å². The maximum Gasteiger partial charge on any atom is 0.327 e. The van der Waals surface area contributed by atoms with Gasteiger partial charge in [-0.15, -0.1) is 0 Å². The predicted molar refractivity (Wildman–Crippen MR) is 81.5 cm³/mol. The number of hydrogen-bond acceptors (Lipinski definition) is 3. The molecule has 0 unspecified atom stereocenters. The van der Waals surface area contributed by atoms with Crippen LogP contribution in [0.4, 0.5) is 0 Å². The summed E-state index contributed by atoms with van der Waals surface area (Å²) in [6.07, 6.45) is 3.66. The highest BCUT2D eigenvalue weighted by atomic mass is 16.4. The molecule has 0 amide bonds. The van der Waals surface area contributed by atoms with Crippen LogP contribution in [-0.4, -0.2) is 20.6 Å². The fourth-order valence-electron chi connectivity index (χ4n) is 2.45. The number of aryl methyl sites for hydroxylation is 1. The van der Waals surface area contributed by atoms with E-state index in [0.717, 1.165) is 11.3 Å². The minimum absolute atomic E-state index is 0.388. The Bertz CT molecular complexity index is 774. The van der Waals surface area contributed by atoms with Crippen molar-refractivity contribution in [3.05, 3.63) is 66.2 Å². The highest BCUT2D eigenvalue weighted by molar-refractivity contribution is 5.73. The number of aliphatic carboxylic acids is 1. The van der Waals surface area contributed by atoms with Crippen LogP contribution in [0.1, 0.15) is 17.4 Å². The van der Waals surface area contributed by atoms with Gasteiger partial charge in [-0.05, 0) is 24.6 Å². The maximum absolute atomic E-state index is 11.7. The summed E-state index contributed by atoms with van der Waals surface area (Å²) in [5.74, 6) is 0.962. The molecule has 2 aromatic heterocycles. The number of carboxylic acids is 1. The molecule has 1 N–H and O–H groups in total. The van der Waals surface area contributed by atoms with Crippen molar-refractivity contribution in [3.63, 3.8) is 0 Å². The van der Waals surface area contributed by atoms with Crippen LogP contribution < -0.4 is 0 Å². The van der Waals surface area contributed by atoms with Gasteiger partial charge in [0, 0.05) is 18.8 Å². The van der Waals surface area contributed by atoms with E-state index in [1.807, 2.05) is 43.3 Å². The average molecular weight is 296 g/mol. The third kappa shape index (κ3) is 2.79. The highest BCUT2D eigenvalue weighted by Crippen LogP contribution is 2.25. The Balaban J connectivity index is 1.96. The van der Waals surface area contributed by atoms with E-state index in [1.165, 1.54) is 0 Å². The minimum atomic E-state index is -0.897. The van der Waals surface area contributed by atoms with E-state index in [2.05, 4.69) is 4.98 Å². The first-order valence-electron chi connectivity index (χ1n) is 7.01. The first kappa shape index (κ1) is 14.1. The summed E-state index contributed by atoms with van der Waals surface area (Å²) < 4.78 is 7.22. The van der Waals surface area contributed by atoms with Crippen molar-refractivity contribution >= 4 is 5.97 Å². The molecule has 0 bridgehead atoms. The van der Waals surface area contributed by atoms with E-state index >= 15 is 0 Å². The summed E-state index contributed by atoms with van der Waals surface area (Å²) >= 11 is 0. The molecule has 0 radical (unpaired) electrons. The molecule has 112 valence electrons. The van der Waals surface area contributed by atoms with Gasteiger partial charge in [-0.25, -0.2) is 9.78 Å². The van der Waals surface area contributed by atoms with Gasteiger partial charge in [0.2, 0.25) is 0 Å². The van der Waals surface area contributed by atoms with E-state index in [-0.39, 0.29) is 0 Å². The molecule has 0 aliphatic carbocycles. The smallest absolute Gasteiger partial charge is 0.327 e. The summed E-state index contributed by atoms with van der Waals surface area (Å²) in [5, 5.41) is 9.60. The molecule has 22 heavy (non-hydrogen) atoms. The van der Waals surface area contributed by atoms with Gasteiger partial charge in [0.05, 0.1) is 0 Å². The maximum atomic E-state index is 11.7. The molecule has 0 aliphatic rings. The number of nitrogens with zero attached hydrogens (tertiary/aromatic N) is 2. The van der Waals surface area contributed by atoms with E-state index in [9.17, 15) is 9.90 Å². The van der Waals surface area contributed by atoms with Gasteiger partial charge in [0.15, 0.2) is 11.6 Å². The third-order valence-electron chi connectivity index (χ3n) is 3.52. The highest BCUT2D eigenvalue weighted by Gasteiger charge is 2.24. The van der Waals surface area contributed by atoms with Crippen LogP contribution >= 0.6 is 0 Å². The van der Waals surface area contributed by atoms with Crippen LogP contribution in [0.2, 0.25) is 0 Å². The topological polar surface area (TPSA) is 68.3 Å². The molecule has 1 aromatic carbocycles. The SMILES string of the molecule is Cc1ccc(-c2nccn2[C@H](Cc2ccccc2)C(=O)O)o1. The molecule has 5 nitrogen and oxygen atoms in total. The fraction of sp³-hybridized carbons (Fsp3) is 0.176. The lowest BCUT2D eigenvalue weighted by Crippen LogP contribution is -2.21. The Morgan fingerprint density at radius 3 is 2.68 bits per heavy atom. The molecule has 0 aliphatic heterocycles. The average Bonchev–Trinajstić information content (AvgIpc) is 3.14. The summed E-state index contributed by atoms with van der Waals surface area (Å²) in [7, 11) is 0. The number of imidazole rings is 1. The lowest BCUT2D eigenvalue weighted by molar-refractivity contribution is -0.140. The number of aromatic nitrogens is 2. The second-order valence-electron chi connectivity index (χ2n) is 5.11. The molecule has 0 spiro atoms. The zero-order chi connectivity index (χ0) is 15.5. The summed E-state index contributed by atoms with van der Waals surface area (Å²) in [5.41, 5.74) is 0.963. The largest absolute Gasteiger partial charge is 0.480 e. The standard InChI is InChI=1S/C17H16N2O3/c1-12-7-8-15(22-12)16-18-9-10-19(16)14(17(20)21)11-13-5-3-2-4-6-13/h2-10,14H,11H2,1H3,(H,20,21)/t14-/m1/s1. The van der Waals surface area contributed by atoms with Crippen molar-refractivity contribution < 1.29 is 14.3 Å². The third-order valence-corrected chi connectivity index (χ3v) is 3.52. The Kier molecular flexibility index (Phi) is 3.78. The van der Waals surface area contributed by atoms with Gasteiger partial charge in [-0.3, -0.25) is 0 Å². The first-order chi connectivity index (χ1) is 10.6. The van der Waals surface area contributed by atoms with Crippen molar-refractivity contribution in [1.82, 2.24) is 9.55 Å². The Hall–Kier alpha value is -2.82. The molecule has 1 atom stereocenters. The van der Waals surface area contributed by atoms with Crippen LogP contribution in [0.5, 0.6) is 0 Å². The Morgan fingerprint density at radius 2 is 2.05 bits per heavy atom. The van der Waals surface area contributed by atoms with Crippen molar-refractivity contribution in [2.75, 3.05) is 0 Å². The van der Waals surface area contributed by atoms with E-state index < -0.39 is 12.0 Å². The van der Waals surface area contributed by atoms with E-state index in [4.69, 9.17) is 4.42 Å². The van der Waals surface area contributed by atoms with E-state index in [0.29, 0.717) is 18.0 Å². The van der Waals surface area contributed by atoms with Crippen molar-refractivity contribution in [1.29, 1.82) is 0 Å². The second kappa shape index (κ2) is 5.89. The normalized spacial score (nSPS) is 12.2. The van der Waals surface area contributed by atoms with Crippen molar-refractivity contribution in [3.8, 4) is 11.6 Å². The Morgan fingerprint density at radius 1 is 1.27 bits per heavy atom.